The van der Waals surface area contributed by atoms with Crippen molar-refractivity contribution in [1.82, 2.24) is 24.0 Å². The highest BCUT2D eigenvalue weighted by Gasteiger charge is 2.21. The van der Waals surface area contributed by atoms with Gasteiger partial charge in [0.05, 0.1) is 6.54 Å². The molecule has 1 fully saturated rings. The van der Waals surface area contributed by atoms with E-state index in [9.17, 15) is 0 Å². The molecule has 20 heavy (non-hydrogen) atoms. The molecule has 0 saturated carbocycles. The molecule has 5 nitrogen and oxygen atoms in total. The topological polar surface area (TPSA) is 38.9 Å². The van der Waals surface area contributed by atoms with Crippen LogP contribution in [-0.2, 0) is 20.1 Å². The van der Waals surface area contributed by atoms with Gasteiger partial charge in [0.1, 0.15) is 11.6 Å². The highest BCUT2D eigenvalue weighted by atomic mass is 15.2. The van der Waals surface area contributed by atoms with Gasteiger partial charge in [-0.15, -0.1) is 0 Å². The Balaban J connectivity index is 1.59. The third kappa shape index (κ3) is 2.93. The van der Waals surface area contributed by atoms with E-state index < -0.39 is 0 Å². The Hall–Kier alpha value is -1.62. The van der Waals surface area contributed by atoms with Gasteiger partial charge in [-0.3, -0.25) is 4.90 Å². The lowest BCUT2D eigenvalue weighted by molar-refractivity contribution is 0.151. The minimum atomic E-state index is 0.719. The Morgan fingerprint density at radius 3 is 2.80 bits per heavy atom. The molecule has 0 radical (unpaired) electrons. The number of rotatable bonds is 4. The molecule has 3 rings (SSSR count). The summed E-state index contributed by atoms with van der Waals surface area (Å²) in [6.07, 6.45) is 10.5. The molecule has 0 amide bonds. The van der Waals surface area contributed by atoms with Crippen molar-refractivity contribution in [2.75, 3.05) is 13.1 Å². The lowest BCUT2D eigenvalue weighted by Crippen LogP contribution is -2.37. The molecule has 108 valence electrons. The molecule has 1 saturated heterocycles. The van der Waals surface area contributed by atoms with Gasteiger partial charge in [-0.1, -0.05) is 0 Å². The fraction of sp³-hybridized carbons (Fsp3) is 0.600. The summed E-state index contributed by atoms with van der Waals surface area (Å²) in [6, 6.07) is 0. The van der Waals surface area contributed by atoms with E-state index in [-0.39, 0.29) is 0 Å². The molecule has 0 aliphatic carbocycles. The van der Waals surface area contributed by atoms with Crippen LogP contribution < -0.4 is 0 Å². The predicted molar refractivity (Wildman–Crippen MR) is 78.2 cm³/mol. The minimum absolute atomic E-state index is 0.719. The number of nitrogens with zero attached hydrogens (tertiary/aromatic N) is 5. The van der Waals surface area contributed by atoms with Crippen LogP contribution in [0.15, 0.2) is 24.8 Å². The van der Waals surface area contributed by atoms with Crippen molar-refractivity contribution in [3.8, 4) is 0 Å². The van der Waals surface area contributed by atoms with E-state index in [0.717, 1.165) is 37.2 Å². The first-order valence-electron chi connectivity index (χ1n) is 7.38. The van der Waals surface area contributed by atoms with Crippen LogP contribution in [0, 0.1) is 12.8 Å². The van der Waals surface area contributed by atoms with Crippen LogP contribution in [0.25, 0.3) is 0 Å². The van der Waals surface area contributed by atoms with E-state index in [1.807, 2.05) is 18.6 Å². The van der Waals surface area contributed by atoms with E-state index in [4.69, 9.17) is 0 Å². The molecule has 1 aliphatic rings. The molecular formula is C15H23N5. The van der Waals surface area contributed by atoms with Gasteiger partial charge in [-0.05, 0) is 32.2 Å². The summed E-state index contributed by atoms with van der Waals surface area (Å²) >= 11 is 0. The summed E-state index contributed by atoms with van der Waals surface area (Å²) in [4.78, 5) is 11.3. The number of aryl methyl sites for hydroxylation is 2. The van der Waals surface area contributed by atoms with E-state index in [1.165, 1.54) is 19.4 Å². The monoisotopic (exact) mass is 273 g/mol. The Bertz CT molecular complexity index is 508. The summed E-state index contributed by atoms with van der Waals surface area (Å²) in [5, 5.41) is 0. The molecule has 0 bridgehead atoms. The highest BCUT2D eigenvalue weighted by Crippen LogP contribution is 2.20. The standard InChI is InChI=1S/C15H23N5/c1-13-16-6-9-20(13)11-14-4-3-7-19(10-14)12-15-17-5-8-18(15)2/h5-6,8-9,14H,3-4,7,10-12H2,1-2H3/t14-/m1/s1. The van der Waals surface area contributed by atoms with Crippen LogP contribution in [0.5, 0.6) is 0 Å². The van der Waals surface area contributed by atoms with Gasteiger partial charge in [0.2, 0.25) is 0 Å². The van der Waals surface area contributed by atoms with Crippen LogP contribution in [0.2, 0.25) is 0 Å². The smallest absolute Gasteiger partial charge is 0.122 e. The predicted octanol–water partition coefficient (Wildman–Crippen LogP) is 1.84. The van der Waals surface area contributed by atoms with Gasteiger partial charge in [-0.25, -0.2) is 9.97 Å². The summed E-state index contributed by atoms with van der Waals surface area (Å²) in [6.45, 7) is 6.47. The van der Waals surface area contributed by atoms with Crippen molar-refractivity contribution in [1.29, 1.82) is 0 Å². The van der Waals surface area contributed by atoms with Crippen molar-refractivity contribution in [3.05, 3.63) is 36.4 Å². The van der Waals surface area contributed by atoms with Crippen molar-refractivity contribution in [3.63, 3.8) is 0 Å². The van der Waals surface area contributed by atoms with Gasteiger partial charge >= 0.3 is 0 Å². The van der Waals surface area contributed by atoms with Crippen LogP contribution in [0.3, 0.4) is 0 Å². The molecule has 1 aliphatic heterocycles. The van der Waals surface area contributed by atoms with Gasteiger partial charge in [0, 0.05) is 44.9 Å². The molecule has 0 N–H and O–H groups in total. The second-order valence-electron chi connectivity index (χ2n) is 5.82. The zero-order chi connectivity index (χ0) is 13.9. The second kappa shape index (κ2) is 5.79. The van der Waals surface area contributed by atoms with E-state index >= 15 is 0 Å². The Kier molecular flexibility index (Phi) is 3.87. The van der Waals surface area contributed by atoms with E-state index in [1.54, 1.807) is 0 Å². The molecule has 1 atom stereocenters. The number of piperidine rings is 1. The van der Waals surface area contributed by atoms with Crippen LogP contribution in [-0.4, -0.2) is 37.1 Å². The highest BCUT2D eigenvalue weighted by molar-refractivity contribution is 4.93. The molecule has 3 heterocycles. The fourth-order valence-corrected chi connectivity index (χ4v) is 3.07. The SMILES string of the molecule is Cc1nccn1C[C@@H]1CCCN(Cc2nccn2C)C1. The first kappa shape index (κ1) is 13.4. The van der Waals surface area contributed by atoms with Gasteiger partial charge in [0.15, 0.2) is 0 Å². The van der Waals surface area contributed by atoms with Crippen LogP contribution >= 0.6 is 0 Å². The van der Waals surface area contributed by atoms with Crippen molar-refractivity contribution in [2.24, 2.45) is 13.0 Å². The van der Waals surface area contributed by atoms with E-state index in [0.29, 0.717) is 0 Å². The molecule has 2 aromatic rings. The van der Waals surface area contributed by atoms with Gasteiger partial charge < -0.3 is 9.13 Å². The second-order valence-corrected chi connectivity index (χ2v) is 5.82. The molecule has 5 heteroatoms. The Morgan fingerprint density at radius 1 is 1.25 bits per heavy atom. The zero-order valence-corrected chi connectivity index (χ0v) is 12.4. The van der Waals surface area contributed by atoms with Crippen molar-refractivity contribution in [2.45, 2.75) is 32.9 Å². The number of imidazole rings is 2. The maximum absolute atomic E-state index is 4.43. The molecule has 0 unspecified atom stereocenters. The maximum atomic E-state index is 4.43. The average molecular weight is 273 g/mol. The summed E-state index contributed by atoms with van der Waals surface area (Å²) < 4.78 is 4.39. The lowest BCUT2D eigenvalue weighted by Gasteiger charge is -2.32. The molecule has 0 aromatic carbocycles. The van der Waals surface area contributed by atoms with Crippen molar-refractivity contribution < 1.29 is 0 Å². The number of aromatic nitrogens is 4. The van der Waals surface area contributed by atoms with Crippen LogP contribution in [0.4, 0.5) is 0 Å². The maximum Gasteiger partial charge on any atom is 0.122 e. The molecular weight excluding hydrogens is 250 g/mol. The van der Waals surface area contributed by atoms with Crippen molar-refractivity contribution >= 4 is 0 Å². The first-order valence-corrected chi connectivity index (χ1v) is 7.38. The molecule has 2 aromatic heterocycles. The minimum Gasteiger partial charge on any atom is -0.337 e. The third-order valence-electron chi connectivity index (χ3n) is 4.27. The Labute approximate surface area is 120 Å². The summed E-state index contributed by atoms with van der Waals surface area (Å²) in [5.74, 6) is 2.99. The lowest BCUT2D eigenvalue weighted by atomic mass is 9.98. The van der Waals surface area contributed by atoms with Gasteiger partial charge in [-0.2, -0.15) is 0 Å². The van der Waals surface area contributed by atoms with E-state index in [2.05, 4.69) is 44.2 Å². The third-order valence-corrected chi connectivity index (χ3v) is 4.27. The average Bonchev–Trinajstić information content (AvgIpc) is 3.01. The van der Waals surface area contributed by atoms with Gasteiger partial charge in [0.25, 0.3) is 0 Å². The number of likely N-dealkylation sites (tertiary alicyclic amines) is 1. The fourth-order valence-electron chi connectivity index (χ4n) is 3.07. The zero-order valence-electron chi connectivity index (χ0n) is 12.4. The molecule has 0 spiro atoms. The first-order chi connectivity index (χ1) is 9.72. The number of hydrogen-bond donors (Lipinski definition) is 0. The normalized spacial score (nSPS) is 20.4. The Morgan fingerprint density at radius 2 is 2.10 bits per heavy atom. The largest absolute Gasteiger partial charge is 0.337 e. The van der Waals surface area contributed by atoms with Crippen LogP contribution in [0.1, 0.15) is 24.5 Å². The summed E-state index contributed by atoms with van der Waals surface area (Å²) in [7, 11) is 2.07. The summed E-state index contributed by atoms with van der Waals surface area (Å²) in [5.41, 5.74) is 0. The quantitative estimate of drug-likeness (QED) is 0.853. The number of hydrogen-bond acceptors (Lipinski definition) is 3.